The number of carbonyl (C=O) groups is 2. The molecule has 4 fully saturated rings. The zero-order valence-electron chi connectivity index (χ0n) is 18.7. The normalized spacial score (nSPS) is 32.8. The van der Waals surface area contributed by atoms with Crippen molar-refractivity contribution in [3.05, 3.63) is 35.9 Å². The summed E-state index contributed by atoms with van der Waals surface area (Å²) in [6.07, 6.45) is 9.85. The number of ketones is 1. The van der Waals surface area contributed by atoms with Crippen LogP contribution in [0.15, 0.2) is 30.3 Å². The smallest absolute Gasteiger partial charge is 0.316 e. The van der Waals surface area contributed by atoms with Gasteiger partial charge in [0.05, 0.1) is 13.2 Å². The Hall–Kier alpha value is -1.76. The maximum absolute atomic E-state index is 12.8. The third kappa shape index (κ3) is 4.63. The fraction of sp³-hybridized carbons (Fsp3) is 0.692. The third-order valence-electron chi connectivity index (χ3n) is 8.05. The number of morpholine rings is 1. The fourth-order valence-corrected chi connectivity index (χ4v) is 6.25. The molecule has 3 heterocycles. The van der Waals surface area contributed by atoms with Crippen LogP contribution in [0.4, 0.5) is 0 Å². The minimum Gasteiger partial charge on any atom is -0.462 e. The van der Waals surface area contributed by atoms with Gasteiger partial charge in [0.25, 0.3) is 0 Å². The molecular weight excluding hydrogens is 406 g/mol. The van der Waals surface area contributed by atoms with Gasteiger partial charge in [-0.3, -0.25) is 14.5 Å². The van der Waals surface area contributed by atoms with Crippen LogP contribution >= 0.6 is 0 Å². The molecule has 32 heavy (non-hydrogen) atoms. The summed E-state index contributed by atoms with van der Waals surface area (Å²) < 4.78 is 11.7. The maximum Gasteiger partial charge on any atom is 0.316 e. The highest BCUT2D eigenvalue weighted by Gasteiger charge is 2.64. The van der Waals surface area contributed by atoms with Crippen LogP contribution in [0.3, 0.4) is 0 Å². The van der Waals surface area contributed by atoms with Crippen molar-refractivity contribution in [1.82, 2.24) is 4.90 Å². The molecule has 1 aromatic carbocycles. The number of carbonyl (C=O) groups excluding carboxylic acids is 2. The Balaban J connectivity index is 1.14. The highest BCUT2D eigenvalue weighted by molar-refractivity contribution is 5.80. The fourth-order valence-electron chi connectivity index (χ4n) is 6.25. The van der Waals surface area contributed by atoms with Crippen molar-refractivity contribution in [3.63, 3.8) is 0 Å². The molecule has 1 N–H and O–H groups in total. The highest BCUT2D eigenvalue weighted by atomic mass is 16.6. The molecule has 3 aliphatic heterocycles. The summed E-state index contributed by atoms with van der Waals surface area (Å²) in [5.74, 6) is 0.0517. The standard InChI is InChI=1S/C26H35NO5/c28-16-21(18-9-5-2-6-10-18)26(30)31-20-13-22-24-25(32-24)23(14-20)27(22)15-19(29)12-11-17-7-3-1-4-8-17/h2,5-6,9-10,17,20-25,28H,1,3-4,7-8,11-16H2. The van der Waals surface area contributed by atoms with Gasteiger partial charge in [0, 0.05) is 31.3 Å². The van der Waals surface area contributed by atoms with Crippen LogP contribution in [0, 0.1) is 5.92 Å². The number of ether oxygens (including phenoxy) is 2. The van der Waals surface area contributed by atoms with E-state index in [1.807, 2.05) is 30.3 Å². The lowest BCUT2D eigenvalue weighted by Gasteiger charge is -2.40. The van der Waals surface area contributed by atoms with Gasteiger partial charge in [0.2, 0.25) is 0 Å². The van der Waals surface area contributed by atoms with Gasteiger partial charge in [0.15, 0.2) is 0 Å². The second-order valence-electron chi connectivity index (χ2n) is 10.1. The van der Waals surface area contributed by atoms with Crippen molar-refractivity contribution in [2.75, 3.05) is 13.2 Å². The highest BCUT2D eigenvalue weighted by Crippen LogP contribution is 2.49. The second kappa shape index (κ2) is 9.62. The van der Waals surface area contributed by atoms with Crippen LogP contribution in [0.5, 0.6) is 0 Å². The lowest BCUT2D eigenvalue weighted by molar-refractivity contribution is -0.157. The van der Waals surface area contributed by atoms with E-state index < -0.39 is 5.92 Å². The lowest BCUT2D eigenvalue weighted by atomic mass is 9.85. The molecule has 4 aliphatic rings. The molecule has 0 aromatic heterocycles. The van der Waals surface area contributed by atoms with Crippen LogP contribution in [-0.2, 0) is 19.1 Å². The summed E-state index contributed by atoms with van der Waals surface area (Å²) in [6.45, 7) is 0.237. The Morgan fingerprint density at radius 3 is 2.41 bits per heavy atom. The largest absolute Gasteiger partial charge is 0.462 e. The number of aliphatic hydroxyl groups excluding tert-OH is 1. The van der Waals surface area contributed by atoms with Crippen molar-refractivity contribution in [1.29, 1.82) is 0 Å². The Morgan fingerprint density at radius 2 is 1.75 bits per heavy atom. The average Bonchev–Trinajstić information content (AvgIpc) is 3.58. The average molecular weight is 442 g/mol. The SMILES string of the molecule is O=C(CCC1CCCCC1)CN1C2CC(OC(=O)C(CO)c3ccccc3)CC1C1OC12. The van der Waals surface area contributed by atoms with Crippen LogP contribution in [-0.4, -0.2) is 65.3 Å². The third-order valence-corrected chi connectivity index (χ3v) is 8.05. The molecule has 1 aromatic rings. The number of hydrogen-bond donors (Lipinski definition) is 1. The quantitative estimate of drug-likeness (QED) is 0.468. The molecule has 3 saturated heterocycles. The Labute approximate surface area is 190 Å². The van der Waals surface area contributed by atoms with Gasteiger partial charge in [-0.05, 0) is 17.9 Å². The first-order valence-electron chi connectivity index (χ1n) is 12.4. The number of benzene rings is 1. The summed E-state index contributed by atoms with van der Waals surface area (Å²) in [7, 11) is 0. The number of fused-ring (bicyclic) bond motifs is 5. The Morgan fingerprint density at radius 1 is 1.06 bits per heavy atom. The number of aliphatic hydroxyl groups is 1. The van der Waals surface area contributed by atoms with Crippen LogP contribution in [0.1, 0.15) is 69.3 Å². The second-order valence-corrected chi connectivity index (χ2v) is 10.1. The van der Waals surface area contributed by atoms with Crippen molar-refractivity contribution in [2.45, 2.75) is 94.1 Å². The first-order chi connectivity index (χ1) is 15.6. The number of epoxide rings is 1. The molecule has 1 aliphatic carbocycles. The molecule has 1 saturated carbocycles. The van der Waals surface area contributed by atoms with Crippen molar-refractivity contribution in [3.8, 4) is 0 Å². The zero-order valence-corrected chi connectivity index (χ0v) is 18.7. The summed E-state index contributed by atoms with van der Waals surface area (Å²) in [5, 5.41) is 9.76. The van der Waals surface area contributed by atoms with E-state index in [-0.39, 0.29) is 43.0 Å². The van der Waals surface area contributed by atoms with E-state index in [1.54, 1.807) is 0 Å². The molecule has 174 valence electrons. The first kappa shape index (κ1) is 22.1. The number of hydrogen-bond acceptors (Lipinski definition) is 6. The van der Waals surface area contributed by atoms with Crippen molar-refractivity contribution in [2.24, 2.45) is 5.92 Å². The van der Waals surface area contributed by atoms with E-state index in [2.05, 4.69) is 4.90 Å². The summed E-state index contributed by atoms with van der Waals surface area (Å²) in [5.41, 5.74) is 0.773. The van der Waals surface area contributed by atoms with E-state index >= 15 is 0 Å². The molecular formula is C26H35NO5. The molecule has 2 bridgehead atoms. The predicted molar refractivity (Wildman–Crippen MR) is 119 cm³/mol. The van der Waals surface area contributed by atoms with Crippen LogP contribution < -0.4 is 0 Å². The minimum absolute atomic E-state index is 0.152. The zero-order chi connectivity index (χ0) is 22.1. The lowest BCUT2D eigenvalue weighted by Crippen LogP contribution is -2.52. The Bertz CT molecular complexity index is 790. The van der Waals surface area contributed by atoms with Gasteiger partial charge in [-0.15, -0.1) is 0 Å². The van der Waals surface area contributed by atoms with E-state index in [0.29, 0.717) is 31.6 Å². The van der Waals surface area contributed by atoms with E-state index in [9.17, 15) is 14.7 Å². The summed E-state index contributed by atoms with van der Waals surface area (Å²) in [6, 6.07) is 9.60. The summed E-state index contributed by atoms with van der Waals surface area (Å²) >= 11 is 0. The monoisotopic (exact) mass is 441 g/mol. The molecule has 5 unspecified atom stereocenters. The molecule has 5 rings (SSSR count). The maximum atomic E-state index is 12.8. The van der Waals surface area contributed by atoms with Gasteiger partial charge in [-0.1, -0.05) is 62.4 Å². The van der Waals surface area contributed by atoms with Crippen LogP contribution in [0.2, 0.25) is 0 Å². The molecule has 0 amide bonds. The van der Waals surface area contributed by atoms with Crippen molar-refractivity contribution >= 4 is 11.8 Å². The van der Waals surface area contributed by atoms with Gasteiger partial charge in [-0.2, -0.15) is 0 Å². The first-order valence-corrected chi connectivity index (χ1v) is 12.4. The predicted octanol–water partition coefficient (Wildman–Crippen LogP) is 3.22. The van der Waals surface area contributed by atoms with Gasteiger partial charge in [0.1, 0.15) is 30.0 Å². The van der Waals surface area contributed by atoms with E-state index in [0.717, 1.165) is 17.9 Å². The van der Waals surface area contributed by atoms with Gasteiger partial charge >= 0.3 is 5.97 Å². The molecule has 6 nitrogen and oxygen atoms in total. The number of rotatable bonds is 9. The molecule has 0 radical (unpaired) electrons. The summed E-state index contributed by atoms with van der Waals surface area (Å²) in [4.78, 5) is 27.9. The number of piperidine rings is 1. The van der Waals surface area contributed by atoms with E-state index in [4.69, 9.17) is 9.47 Å². The number of esters is 1. The van der Waals surface area contributed by atoms with Crippen LogP contribution in [0.25, 0.3) is 0 Å². The van der Waals surface area contributed by atoms with E-state index in [1.165, 1.54) is 32.1 Å². The molecule has 6 heteroatoms. The van der Waals surface area contributed by atoms with Crippen molar-refractivity contribution < 1.29 is 24.2 Å². The minimum atomic E-state index is -0.654. The topological polar surface area (TPSA) is 79.4 Å². The number of nitrogens with zero attached hydrogens (tertiary/aromatic N) is 1. The molecule has 5 atom stereocenters. The van der Waals surface area contributed by atoms with Gasteiger partial charge in [-0.25, -0.2) is 0 Å². The number of Topliss-reactive ketones (excluding diaryl/α,β-unsaturated/α-hetero) is 1. The Kier molecular flexibility index (Phi) is 6.63. The molecule has 0 spiro atoms. The van der Waals surface area contributed by atoms with Gasteiger partial charge < -0.3 is 14.6 Å².